The van der Waals surface area contributed by atoms with E-state index in [4.69, 9.17) is 0 Å². The van der Waals surface area contributed by atoms with Crippen LogP contribution in [0.3, 0.4) is 0 Å². The highest BCUT2D eigenvalue weighted by atomic mass is 28.3. The molecule has 1 aliphatic carbocycles. The zero-order valence-corrected chi connectivity index (χ0v) is 16.1. The van der Waals surface area contributed by atoms with Crippen LogP contribution in [0.1, 0.15) is 27.2 Å². The number of anilines is 1. The molecule has 2 aromatic rings. The Labute approximate surface area is 147 Å². The van der Waals surface area contributed by atoms with Crippen LogP contribution in [0, 0.1) is 5.41 Å². The molecule has 24 heavy (non-hydrogen) atoms. The minimum atomic E-state index is -2.04. The summed E-state index contributed by atoms with van der Waals surface area (Å²) < 4.78 is 0. The van der Waals surface area contributed by atoms with E-state index in [0.717, 1.165) is 6.42 Å². The molecule has 1 atom stereocenters. The molecule has 124 valence electrons. The molecule has 0 spiro atoms. The van der Waals surface area contributed by atoms with Crippen molar-refractivity contribution in [3.05, 3.63) is 83.6 Å². The number of benzene rings is 2. The zero-order chi connectivity index (χ0) is 17.2. The van der Waals surface area contributed by atoms with Gasteiger partial charge in [-0.1, -0.05) is 81.5 Å². The first-order valence-corrected chi connectivity index (χ1v) is 11.2. The predicted octanol–water partition coefficient (Wildman–Crippen LogP) is 5.42. The maximum Gasteiger partial charge on any atom is 0.211 e. The summed E-state index contributed by atoms with van der Waals surface area (Å²) >= 11 is 0. The van der Waals surface area contributed by atoms with E-state index in [1.54, 1.807) is 5.20 Å². The third-order valence-electron chi connectivity index (χ3n) is 4.86. The zero-order valence-electron chi connectivity index (χ0n) is 15.1. The summed E-state index contributed by atoms with van der Waals surface area (Å²) in [5.41, 5.74) is 2.89. The third kappa shape index (κ3) is 3.25. The lowest BCUT2D eigenvalue weighted by Gasteiger charge is -2.35. The number of hydrogen-bond acceptors (Lipinski definition) is 1. The molecule has 1 unspecified atom stereocenters. The lowest BCUT2D eigenvalue weighted by atomic mass is 9.87. The molecule has 0 radical (unpaired) electrons. The Balaban J connectivity index is 2.13. The van der Waals surface area contributed by atoms with Crippen molar-refractivity contribution in [3.63, 3.8) is 0 Å². The summed E-state index contributed by atoms with van der Waals surface area (Å²) in [5, 5.41) is 3.04. The highest BCUT2D eigenvalue weighted by molar-refractivity contribution is 6.99. The molecule has 0 fully saturated rings. The van der Waals surface area contributed by atoms with Crippen LogP contribution >= 0.6 is 0 Å². The van der Waals surface area contributed by atoms with Crippen LogP contribution in [-0.2, 0) is 0 Å². The average molecular weight is 334 g/mol. The van der Waals surface area contributed by atoms with Gasteiger partial charge in [0, 0.05) is 5.69 Å². The molecule has 0 bridgehead atoms. The van der Waals surface area contributed by atoms with Gasteiger partial charge in [-0.05, 0) is 46.5 Å². The number of para-hydroxylation sites is 1. The molecule has 1 aliphatic rings. The van der Waals surface area contributed by atoms with Crippen molar-refractivity contribution >= 4 is 19.1 Å². The van der Waals surface area contributed by atoms with Crippen LogP contribution in [0.5, 0.6) is 0 Å². The van der Waals surface area contributed by atoms with Gasteiger partial charge in [0.15, 0.2) is 0 Å². The van der Waals surface area contributed by atoms with Crippen molar-refractivity contribution in [2.45, 2.75) is 33.7 Å². The smallest absolute Gasteiger partial charge is 0.211 e. The molecule has 1 N–H and O–H groups in total. The van der Waals surface area contributed by atoms with E-state index in [-0.39, 0.29) is 5.41 Å². The summed E-state index contributed by atoms with van der Waals surface area (Å²) in [4.78, 5) is 3.96. The third-order valence-corrected chi connectivity index (χ3v) is 8.82. The summed E-state index contributed by atoms with van der Waals surface area (Å²) in [6.45, 7) is 9.41. The Morgan fingerprint density at radius 1 is 0.875 bits per heavy atom. The molecule has 1 nitrogen and oxygen atoms in total. The molecule has 3 rings (SSSR count). The lowest BCUT2D eigenvalue weighted by molar-refractivity contribution is 0.516. The van der Waals surface area contributed by atoms with Gasteiger partial charge in [-0.2, -0.15) is 0 Å². The molecule has 0 saturated carbocycles. The van der Waals surface area contributed by atoms with Gasteiger partial charge in [-0.15, -0.1) is 0 Å². The van der Waals surface area contributed by atoms with Crippen LogP contribution in [0.15, 0.2) is 83.6 Å². The number of hydrogen-bond donors (Lipinski definition) is 1. The Bertz CT molecular complexity index is 754. The van der Waals surface area contributed by atoms with Crippen LogP contribution in [-0.4, -0.2) is 8.24 Å². The van der Waals surface area contributed by atoms with Crippen molar-refractivity contribution in [3.8, 4) is 0 Å². The topological polar surface area (TPSA) is 12.0 Å². The van der Waals surface area contributed by atoms with E-state index in [2.05, 4.69) is 105 Å². The second kappa shape index (κ2) is 6.44. The van der Waals surface area contributed by atoms with Gasteiger partial charge in [0.05, 0.1) is 0 Å². The van der Waals surface area contributed by atoms with E-state index >= 15 is 0 Å². The van der Waals surface area contributed by atoms with Crippen LogP contribution in [0.25, 0.3) is 0 Å². The van der Waals surface area contributed by atoms with Crippen LogP contribution < -0.4 is 10.2 Å². The van der Waals surface area contributed by atoms with Gasteiger partial charge in [0.1, 0.15) is 0 Å². The highest BCUT2D eigenvalue weighted by Gasteiger charge is 2.39. The molecule has 0 aromatic heterocycles. The molecule has 0 aliphatic heterocycles. The summed E-state index contributed by atoms with van der Waals surface area (Å²) in [6.07, 6.45) is 5.73. The Morgan fingerprint density at radius 2 is 1.46 bits per heavy atom. The fourth-order valence-electron chi connectivity index (χ4n) is 3.58. The average Bonchev–Trinajstić information content (AvgIpc) is 3.07. The first-order valence-electron chi connectivity index (χ1n) is 8.71. The van der Waals surface area contributed by atoms with Gasteiger partial charge in [0.2, 0.25) is 8.24 Å². The van der Waals surface area contributed by atoms with E-state index in [1.807, 2.05) is 0 Å². The monoisotopic (exact) mass is 333 g/mol. The predicted molar refractivity (Wildman–Crippen MR) is 108 cm³/mol. The molecule has 0 saturated heterocycles. The minimum Gasteiger partial charge on any atom is -0.404 e. The standard InChI is InChI=1S/C22H27NSi/c1-22(2,3)20-16-11-17-21(20)24(4,19-14-9-6-10-15-19)23-18-12-7-5-8-13-18/h5-16,23H,17H2,1-4H3. The van der Waals surface area contributed by atoms with Gasteiger partial charge in [-0.3, -0.25) is 0 Å². The Morgan fingerprint density at radius 3 is 2.04 bits per heavy atom. The largest absolute Gasteiger partial charge is 0.404 e. The molecule has 0 heterocycles. The first-order chi connectivity index (χ1) is 11.4. The highest BCUT2D eigenvalue weighted by Crippen LogP contribution is 2.38. The summed E-state index contributed by atoms with van der Waals surface area (Å²) in [7, 11) is -2.04. The maximum atomic E-state index is 3.96. The normalized spacial score (nSPS) is 17.0. The van der Waals surface area contributed by atoms with E-state index in [1.165, 1.54) is 16.4 Å². The molecule has 2 heteroatoms. The number of rotatable bonds is 4. The Hall–Kier alpha value is -2.06. The van der Waals surface area contributed by atoms with Crippen molar-refractivity contribution in [2.24, 2.45) is 5.41 Å². The SMILES string of the molecule is CC(C)(C)C1=C([Si](C)(Nc2ccccc2)c2ccccc2)CC=C1. The van der Waals surface area contributed by atoms with Crippen LogP contribution in [0.2, 0.25) is 6.55 Å². The molecule has 0 amide bonds. The molecular formula is C22H27NSi. The van der Waals surface area contributed by atoms with Gasteiger partial charge in [-0.25, -0.2) is 0 Å². The van der Waals surface area contributed by atoms with Gasteiger partial charge < -0.3 is 4.98 Å². The van der Waals surface area contributed by atoms with E-state index < -0.39 is 8.24 Å². The van der Waals surface area contributed by atoms with Crippen molar-refractivity contribution in [2.75, 3.05) is 4.98 Å². The summed E-state index contributed by atoms with van der Waals surface area (Å²) in [5.74, 6) is 0. The first kappa shape index (κ1) is 16.8. The van der Waals surface area contributed by atoms with Crippen molar-refractivity contribution in [1.82, 2.24) is 0 Å². The fourth-order valence-corrected chi connectivity index (χ4v) is 7.35. The molecular weight excluding hydrogens is 306 g/mol. The number of allylic oxidation sites excluding steroid dienone is 4. The fraction of sp³-hybridized carbons (Fsp3) is 0.273. The summed E-state index contributed by atoms with van der Waals surface area (Å²) in [6, 6.07) is 21.6. The van der Waals surface area contributed by atoms with Gasteiger partial charge >= 0.3 is 0 Å². The van der Waals surface area contributed by atoms with Gasteiger partial charge in [0.25, 0.3) is 0 Å². The number of nitrogens with one attached hydrogen (secondary N) is 1. The van der Waals surface area contributed by atoms with E-state index in [0.29, 0.717) is 0 Å². The minimum absolute atomic E-state index is 0.170. The maximum absolute atomic E-state index is 3.96. The lowest BCUT2D eigenvalue weighted by Crippen LogP contribution is -2.55. The quantitative estimate of drug-likeness (QED) is 0.736. The molecule has 2 aromatic carbocycles. The Kier molecular flexibility index (Phi) is 4.51. The van der Waals surface area contributed by atoms with Crippen molar-refractivity contribution in [1.29, 1.82) is 0 Å². The second-order valence-corrected chi connectivity index (χ2v) is 11.4. The van der Waals surface area contributed by atoms with Crippen molar-refractivity contribution < 1.29 is 0 Å². The van der Waals surface area contributed by atoms with E-state index in [9.17, 15) is 0 Å². The van der Waals surface area contributed by atoms with Crippen LogP contribution in [0.4, 0.5) is 5.69 Å². The second-order valence-electron chi connectivity index (χ2n) is 7.73.